The van der Waals surface area contributed by atoms with Crippen molar-refractivity contribution in [3.8, 4) is 16.3 Å². The van der Waals surface area contributed by atoms with Crippen molar-refractivity contribution in [2.24, 2.45) is 5.92 Å². The van der Waals surface area contributed by atoms with Crippen molar-refractivity contribution in [2.75, 3.05) is 30.8 Å². The number of carbonyl (C=O) groups excluding carboxylic acids is 5. The van der Waals surface area contributed by atoms with E-state index in [4.69, 9.17) is 4.74 Å². The van der Waals surface area contributed by atoms with Crippen molar-refractivity contribution in [1.29, 1.82) is 0 Å². The molecule has 5 rings (SSSR count). The minimum atomic E-state index is -0.550. The van der Waals surface area contributed by atoms with Crippen molar-refractivity contribution >= 4 is 81.6 Å². The lowest BCUT2D eigenvalue weighted by molar-refractivity contribution is -0.135. The fourth-order valence-corrected chi connectivity index (χ4v) is 5.20. The SMILES string of the molecule is BC(B)(B)NC(=O)c1nnc(NC(=O)C2CC2)cc1Nc1cccc(-c2ncc(C(=O)N3CC(=O)NC(=O)C3)s2)c1OC. The van der Waals surface area contributed by atoms with Gasteiger partial charge in [0.05, 0.1) is 30.2 Å². The van der Waals surface area contributed by atoms with Crippen LogP contribution in [0.4, 0.5) is 17.2 Å². The average molecular weight is 600 g/mol. The van der Waals surface area contributed by atoms with Gasteiger partial charge < -0.3 is 25.6 Å². The van der Waals surface area contributed by atoms with E-state index < -0.39 is 28.9 Å². The van der Waals surface area contributed by atoms with Gasteiger partial charge in [0.1, 0.15) is 46.5 Å². The molecule has 3 aromatic rings. The maximum Gasteiger partial charge on any atom is 0.272 e. The molecule has 1 aliphatic heterocycles. The molecule has 0 bridgehead atoms. The first-order valence-corrected chi connectivity index (χ1v) is 14.3. The topological polar surface area (TPSA) is 185 Å². The Morgan fingerprint density at radius 2 is 1.81 bits per heavy atom. The Labute approximate surface area is 253 Å². The van der Waals surface area contributed by atoms with Crippen molar-refractivity contribution in [1.82, 2.24) is 30.7 Å². The first kappa shape index (κ1) is 29.8. The highest BCUT2D eigenvalue weighted by atomic mass is 32.1. The molecular formula is C25H27B3N8O6S. The molecule has 2 aliphatic rings. The zero-order valence-corrected chi connectivity index (χ0v) is 24.8. The van der Waals surface area contributed by atoms with Crippen LogP contribution in [0.5, 0.6) is 5.75 Å². The van der Waals surface area contributed by atoms with Crippen molar-refractivity contribution in [3.63, 3.8) is 0 Å². The number of amides is 5. The van der Waals surface area contributed by atoms with E-state index in [9.17, 15) is 24.0 Å². The lowest BCUT2D eigenvalue weighted by Gasteiger charge is -2.24. The molecule has 3 heterocycles. The second-order valence-electron chi connectivity index (χ2n) is 11.1. The molecule has 5 amide bonds. The van der Waals surface area contributed by atoms with Gasteiger partial charge in [0.15, 0.2) is 17.3 Å². The van der Waals surface area contributed by atoms with E-state index >= 15 is 0 Å². The summed E-state index contributed by atoms with van der Waals surface area (Å²) in [6, 6.07) is 6.77. The molecular weight excluding hydrogens is 573 g/mol. The fourth-order valence-electron chi connectivity index (χ4n) is 4.29. The van der Waals surface area contributed by atoms with Crippen LogP contribution in [0.2, 0.25) is 0 Å². The summed E-state index contributed by atoms with van der Waals surface area (Å²) >= 11 is 1.08. The van der Waals surface area contributed by atoms with Crippen LogP contribution in [0.3, 0.4) is 0 Å². The monoisotopic (exact) mass is 600 g/mol. The average Bonchev–Trinajstić information content (AvgIpc) is 3.68. The number of ether oxygens (including phenoxy) is 1. The number of nitrogens with zero attached hydrogens (tertiary/aromatic N) is 4. The number of benzene rings is 1. The van der Waals surface area contributed by atoms with E-state index in [1.807, 2.05) is 23.5 Å². The second kappa shape index (κ2) is 11.9. The van der Waals surface area contributed by atoms with Crippen LogP contribution in [-0.4, -0.2) is 98.6 Å². The van der Waals surface area contributed by atoms with E-state index in [1.54, 1.807) is 18.2 Å². The molecule has 2 aromatic heterocycles. The Bertz CT molecular complexity index is 1630. The van der Waals surface area contributed by atoms with Gasteiger partial charge in [0.25, 0.3) is 11.8 Å². The molecule has 0 radical (unpaired) electrons. The number of aromatic nitrogens is 3. The molecule has 2 fully saturated rings. The lowest BCUT2D eigenvalue weighted by atomic mass is 9.49. The third-order valence-electron chi connectivity index (χ3n) is 6.37. The van der Waals surface area contributed by atoms with Crippen molar-refractivity contribution in [3.05, 3.63) is 41.0 Å². The number of para-hydroxylation sites is 1. The maximum absolute atomic E-state index is 13.1. The normalized spacial score (nSPS) is 15.0. The molecule has 1 saturated carbocycles. The summed E-state index contributed by atoms with van der Waals surface area (Å²) in [4.78, 5) is 67.8. The number of hydrogen-bond acceptors (Lipinski definition) is 11. The van der Waals surface area contributed by atoms with Crippen molar-refractivity contribution in [2.45, 2.75) is 18.1 Å². The number of thiazole rings is 1. The summed E-state index contributed by atoms with van der Waals surface area (Å²) in [5, 5.41) is 19.1. The minimum absolute atomic E-state index is 0.00838. The van der Waals surface area contributed by atoms with Gasteiger partial charge in [-0.1, -0.05) is 6.07 Å². The van der Waals surface area contributed by atoms with Gasteiger partial charge in [-0.05, 0) is 30.2 Å². The van der Waals surface area contributed by atoms with E-state index in [-0.39, 0.29) is 47.0 Å². The first-order valence-electron chi connectivity index (χ1n) is 13.4. The van der Waals surface area contributed by atoms with Crippen LogP contribution in [0.15, 0.2) is 30.5 Å². The number of piperazine rings is 1. The summed E-state index contributed by atoms with van der Waals surface area (Å²) in [5.74, 6) is -1.71. The molecule has 1 saturated heterocycles. The number of imide groups is 1. The number of nitrogens with one attached hydrogen (secondary N) is 4. The van der Waals surface area contributed by atoms with Gasteiger partial charge in [-0.2, -0.15) is 0 Å². The minimum Gasteiger partial charge on any atom is -0.494 e. The Kier molecular flexibility index (Phi) is 8.22. The maximum atomic E-state index is 13.1. The van der Waals surface area contributed by atoms with Crippen LogP contribution in [0.1, 0.15) is 33.0 Å². The van der Waals surface area contributed by atoms with E-state index in [1.165, 1.54) is 19.4 Å². The summed E-state index contributed by atoms with van der Waals surface area (Å²) in [6.07, 6.45) is 3.02. The second-order valence-corrected chi connectivity index (χ2v) is 12.2. The largest absolute Gasteiger partial charge is 0.494 e. The van der Waals surface area contributed by atoms with E-state index in [2.05, 4.69) is 36.4 Å². The van der Waals surface area contributed by atoms with Crippen LogP contribution < -0.4 is 26.0 Å². The van der Waals surface area contributed by atoms with Gasteiger partial charge in [0.2, 0.25) is 17.7 Å². The standard InChI is InChI=1S/C25H27B3N8O6S/c1-42-20-12(23-29-8-15(43-23)24(41)36-9-17(37)32-18(38)10-36)3-2-4-13(20)30-14-7-16(31-21(39)11-5-6-11)34-35-19(14)22(40)33-25(26,27)28/h2-4,7-8,11H,5-6,9-10,26-28H2,1H3,(H,33,40)(H,32,37,38)(H2,30,31,34,39). The van der Waals surface area contributed by atoms with Gasteiger partial charge in [-0.3, -0.25) is 29.3 Å². The third-order valence-corrected chi connectivity index (χ3v) is 7.39. The molecule has 0 unspecified atom stereocenters. The Morgan fingerprint density at radius 3 is 2.47 bits per heavy atom. The van der Waals surface area contributed by atoms with Crippen LogP contribution >= 0.6 is 11.3 Å². The first-order chi connectivity index (χ1) is 20.4. The number of methoxy groups -OCH3 is 1. The molecule has 4 N–H and O–H groups in total. The predicted octanol–water partition coefficient (Wildman–Crippen LogP) is -1.96. The fraction of sp³-hybridized carbons (Fsp3) is 0.280. The Balaban J connectivity index is 1.45. The number of hydrogen-bond donors (Lipinski definition) is 4. The van der Waals surface area contributed by atoms with Crippen LogP contribution in [0.25, 0.3) is 10.6 Å². The highest BCUT2D eigenvalue weighted by Crippen LogP contribution is 2.40. The lowest BCUT2D eigenvalue weighted by Crippen LogP contribution is -2.53. The summed E-state index contributed by atoms with van der Waals surface area (Å²) in [6.45, 7) is -0.455. The third kappa shape index (κ3) is 7.02. The zero-order valence-electron chi connectivity index (χ0n) is 23.9. The zero-order chi connectivity index (χ0) is 30.9. The molecule has 14 nitrogen and oxygen atoms in total. The highest BCUT2D eigenvalue weighted by Gasteiger charge is 2.31. The summed E-state index contributed by atoms with van der Waals surface area (Å²) < 4.78 is 5.74. The van der Waals surface area contributed by atoms with Crippen LogP contribution in [-0.2, 0) is 14.4 Å². The smallest absolute Gasteiger partial charge is 0.272 e. The van der Waals surface area contributed by atoms with E-state index in [0.717, 1.165) is 29.1 Å². The van der Waals surface area contributed by atoms with Crippen LogP contribution in [0, 0.1) is 5.92 Å². The van der Waals surface area contributed by atoms with Crippen molar-refractivity contribution < 1.29 is 28.7 Å². The molecule has 43 heavy (non-hydrogen) atoms. The van der Waals surface area contributed by atoms with Gasteiger partial charge >= 0.3 is 0 Å². The quantitative estimate of drug-likeness (QED) is 0.159. The highest BCUT2D eigenvalue weighted by molar-refractivity contribution is 7.17. The molecule has 18 heteroatoms. The predicted molar refractivity (Wildman–Crippen MR) is 166 cm³/mol. The van der Waals surface area contributed by atoms with Gasteiger partial charge in [0, 0.05) is 12.0 Å². The van der Waals surface area contributed by atoms with E-state index in [0.29, 0.717) is 22.0 Å². The molecule has 1 aliphatic carbocycles. The molecule has 0 atom stereocenters. The number of carbonyl (C=O) groups is 5. The summed E-state index contributed by atoms with van der Waals surface area (Å²) in [5.41, 5.74) is 1.29. The Morgan fingerprint density at radius 1 is 1.09 bits per heavy atom. The molecule has 1 aromatic carbocycles. The molecule has 218 valence electrons. The molecule has 0 spiro atoms. The number of anilines is 3. The van der Waals surface area contributed by atoms with Gasteiger partial charge in [-0.15, -0.1) is 21.5 Å². The van der Waals surface area contributed by atoms with Gasteiger partial charge in [-0.25, -0.2) is 4.98 Å². The Hall–Kier alpha value is -4.73. The summed E-state index contributed by atoms with van der Waals surface area (Å²) in [7, 11) is 6.99. The number of rotatable bonds is 9.